The monoisotopic (exact) mass is 425 g/mol. The number of rotatable bonds is 7. The molecule has 0 saturated heterocycles. The molecule has 7 nitrogen and oxygen atoms in total. The summed E-state index contributed by atoms with van der Waals surface area (Å²) in [6, 6.07) is 20.6. The van der Waals surface area contributed by atoms with Crippen LogP contribution in [0.15, 0.2) is 76.3 Å². The third-order valence-electron chi connectivity index (χ3n) is 4.02. The van der Waals surface area contributed by atoms with Crippen LogP contribution in [0.25, 0.3) is 17.0 Å². The van der Waals surface area contributed by atoms with E-state index in [1.165, 1.54) is 11.8 Å². The van der Waals surface area contributed by atoms with Crippen LogP contribution in [0.2, 0.25) is 5.02 Å². The average molecular weight is 426 g/mol. The Hall–Kier alpha value is -3.10. The predicted octanol–water partition coefficient (Wildman–Crippen LogP) is 3.98. The summed E-state index contributed by atoms with van der Waals surface area (Å²) < 4.78 is 7.39. The summed E-state index contributed by atoms with van der Waals surface area (Å²) >= 11 is 7.17. The maximum Gasteiger partial charge on any atom is 0.230 e. The fraction of sp³-hybridized carbons (Fsp3) is 0.100. The number of benzene rings is 2. The number of carbonyl (C=O) groups is 1. The number of halogens is 1. The van der Waals surface area contributed by atoms with Crippen molar-refractivity contribution in [3.8, 4) is 17.0 Å². The van der Waals surface area contributed by atoms with E-state index in [1.807, 2.05) is 54.6 Å². The number of aromatic nitrogens is 4. The molecule has 146 valence electrons. The van der Waals surface area contributed by atoms with Gasteiger partial charge in [0, 0.05) is 10.6 Å². The third-order valence-corrected chi connectivity index (χ3v) is 5.20. The molecule has 0 fully saturated rings. The molecule has 0 spiro atoms. The van der Waals surface area contributed by atoms with E-state index in [9.17, 15) is 4.79 Å². The molecule has 0 aliphatic heterocycles. The first kappa shape index (κ1) is 19.2. The van der Waals surface area contributed by atoms with E-state index in [0.29, 0.717) is 22.5 Å². The number of carbonyl (C=O) groups excluding carboxylic acids is 1. The maximum atomic E-state index is 12.2. The minimum Gasteiger partial charge on any atom is -0.459 e. The van der Waals surface area contributed by atoms with Crippen LogP contribution in [0.4, 0.5) is 0 Å². The molecule has 0 radical (unpaired) electrons. The molecular weight excluding hydrogens is 410 g/mol. The van der Waals surface area contributed by atoms with Gasteiger partial charge in [-0.15, -0.1) is 5.10 Å². The van der Waals surface area contributed by atoms with E-state index in [2.05, 4.69) is 20.8 Å². The highest BCUT2D eigenvalue weighted by molar-refractivity contribution is 7.99. The lowest BCUT2D eigenvalue weighted by Gasteiger charge is -2.05. The maximum absolute atomic E-state index is 12.2. The zero-order valence-electron chi connectivity index (χ0n) is 15.2. The van der Waals surface area contributed by atoms with Crippen LogP contribution in [-0.4, -0.2) is 31.9 Å². The van der Waals surface area contributed by atoms with Gasteiger partial charge in [-0.25, -0.2) is 0 Å². The molecule has 4 rings (SSSR count). The number of thioether (sulfide) groups is 1. The van der Waals surface area contributed by atoms with Gasteiger partial charge in [-0.1, -0.05) is 41.6 Å². The van der Waals surface area contributed by atoms with Crippen LogP contribution in [0.3, 0.4) is 0 Å². The minimum atomic E-state index is -0.137. The number of para-hydroxylation sites is 1. The summed E-state index contributed by atoms with van der Waals surface area (Å²) in [6.45, 7) is 0.302. The van der Waals surface area contributed by atoms with E-state index in [1.54, 1.807) is 16.8 Å². The molecule has 2 aromatic carbocycles. The molecule has 29 heavy (non-hydrogen) atoms. The summed E-state index contributed by atoms with van der Waals surface area (Å²) in [7, 11) is 0. The van der Waals surface area contributed by atoms with E-state index < -0.39 is 0 Å². The van der Waals surface area contributed by atoms with Gasteiger partial charge in [0.1, 0.15) is 11.5 Å². The average Bonchev–Trinajstić information content (AvgIpc) is 3.41. The number of furan rings is 1. The van der Waals surface area contributed by atoms with Crippen molar-refractivity contribution in [2.24, 2.45) is 0 Å². The molecule has 2 heterocycles. The van der Waals surface area contributed by atoms with E-state index >= 15 is 0 Å². The summed E-state index contributed by atoms with van der Waals surface area (Å²) in [4.78, 5) is 12.2. The smallest absolute Gasteiger partial charge is 0.230 e. The largest absolute Gasteiger partial charge is 0.459 e. The van der Waals surface area contributed by atoms with Crippen molar-refractivity contribution in [2.45, 2.75) is 11.7 Å². The zero-order chi connectivity index (χ0) is 20.1. The number of nitrogens with zero attached hydrogens (tertiary/aromatic N) is 4. The van der Waals surface area contributed by atoms with E-state index in [4.69, 9.17) is 16.0 Å². The summed E-state index contributed by atoms with van der Waals surface area (Å²) in [5.41, 5.74) is 1.76. The molecule has 0 bridgehead atoms. The van der Waals surface area contributed by atoms with Crippen LogP contribution in [0.5, 0.6) is 0 Å². The minimum absolute atomic E-state index is 0.137. The standard InChI is InChI=1S/C20H16ClN5O2S/c21-15-8-6-14(7-9-15)18-11-10-17(28-18)12-22-19(27)13-29-20-23-24-25-26(20)16-4-2-1-3-5-16/h1-11H,12-13H2,(H,22,27). The molecule has 0 saturated carbocycles. The van der Waals surface area contributed by atoms with Gasteiger partial charge in [-0.05, 0) is 59.0 Å². The Labute approximate surface area is 176 Å². The van der Waals surface area contributed by atoms with Crippen LogP contribution in [0.1, 0.15) is 5.76 Å². The Morgan fingerprint density at radius 3 is 2.66 bits per heavy atom. The summed E-state index contributed by atoms with van der Waals surface area (Å²) in [5, 5.41) is 15.7. The van der Waals surface area contributed by atoms with Crippen LogP contribution in [0, 0.1) is 0 Å². The molecule has 0 atom stereocenters. The summed E-state index contributed by atoms with van der Waals surface area (Å²) in [5.74, 6) is 1.45. The Kier molecular flexibility index (Phi) is 5.92. The number of hydrogen-bond acceptors (Lipinski definition) is 6. The SMILES string of the molecule is O=C(CSc1nnnn1-c1ccccc1)NCc1ccc(-c2ccc(Cl)cc2)o1. The molecule has 4 aromatic rings. The van der Waals surface area contributed by atoms with Crippen molar-refractivity contribution in [2.75, 3.05) is 5.75 Å². The number of amides is 1. The quantitative estimate of drug-likeness (QED) is 0.451. The van der Waals surface area contributed by atoms with Crippen LogP contribution < -0.4 is 5.32 Å². The fourth-order valence-electron chi connectivity index (χ4n) is 2.61. The molecule has 9 heteroatoms. The first-order chi connectivity index (χ1) is 14.2. The van der Waals surface area contributed by atoms with Gasteiger partial charge < -0.3 is 9.73 Å². The molecular formula is C20H16ClN5O2S. The topological polar surface area (TPSA) is 85.8 Å². The zero-order valence-corrected chi connectivity index (χ0v) is 16.7. The molecule has 0 unspecified atom stereocenters. The number of tetrazole rings is 1. The van der Waals surface area contributed by atoms with Crippen molar-refractivity contribution >= 4 is 29.3 Å². The van der Waals surface area contributed by atoms with Gasteiger partial charge >= 0.3 is 0 Å². The Morgan fingerprint density at radius 1 is 1.07 bits per heavy atom. The highest BCUT2D eigenvalue weighted by Gasteiger charge is 2.12. The first-order valence-corrected chi connectivity index (χ1v) is 10.1. The molecule has 0 aliphatic rings. The lowest BCUT2D eigenvalue weighted by Crippen LogP contribution is -2.24. The normalized spacial score (nSPS) is 10.8. The van der Waals surface area contributed by atoms with Gasteiger partial charge in [0.25, 0.3) is 0 Å². The van der Waals surface area contributed by atoms with Crippen molar-refractivity contribution in [3.05, 3.63) is 77.5 Å². The highest BCUT2D eigenvalue weighted by atomic mass is 35.5. The van der Waals surface area contributed by atoms with Crippen molar-refractivity contribution in [1.29, 1.82) is 0 Å². The van der Waals surface area contributed by atoms with Crippen LogP contribution in [-0.2, 0) is 11.3 Å². The van der Waals surface area contributed by atoms with Gasteiger partial charge in [0.05, 0.1) is 18.0 Å². The predicted molar refractivity (Wildman–Crippen MR) is 111 cm³/mol. The Morgan fingerprint density at radius 2 is 1.86 bits per heavy atom. The van der Waals surface area contributed by atoms with Crippen LogP contribution >= 0.6 is 23.4 Å². The van der Waals surface area contributed by atoms with Gasteiger partial charge in [-0.3, -0.25) is 4.79 Å². The first-order valence-electron chi connectivity index (χ1n) is 8.77. The highest BCUT2D eigenvalue weighted by Crippen LogP contribution is 2.24. The van der Waals surface area contributed by atoms with E-state index in [0.717, 1.165) is 17.0 Å². The Bertz CT molecular complexity index is 1100. The van der Waals surface area contributed by atoms with E-state index in [-0.39, 0.29) is 11.7 Å². The van der Waals surface area contributed by atoms with Crippen molar-refractivity contribution in [3.63, 3.8) is 0 Å². The number of nitrogens with one attached hydrogen (secondary N) is 1. The van der Waals surface area contributed by atoms with Crippen molar-refractivity contribution in [1.82, 2.24) is 25.5 Å². The lowest BCUT2D eigenvalue weighted by molar-refractivity contribution is -0.118. The van der Waals surface area contributed by atoms with Gasteiger partial charge in [-0.2, -0.15) is 4.68 Å². The van der Waals surface area contributed by atoms with Gasteiger partial charge in [0.15, 0.2) is 0 Å². The fourth-order valence-corrected chi connectivity index (χ4v) is 3.46. The second-order valence-electron chi connectivity index (χ2n) is 6.05. The molecule has 1 N–H and O–H groups in total. The second kappa shape index (κ2) is 8.93. The van der Waals surface area contributed by atoms with Crippen molar-refractivity contribution < 1.29 is 9.21 Å². The van der Waals surface area contributed by atoms with Gasteiger partial charge in [0.2, 0.25) is 11.1 Å². The third kappa shape index (κ3) is 4.85. The second-order valence-corrected chi connectivity index (χ2v) is 7.43. The summed E-state index contributed by atoms with van der Waals surface area (Å²) in [6.07, 6.45) is 0. The molecule has 1 amide bonds. The lowest BCUT2D eigenvalue weighted by atomic mass is 10.2. The molecule has 2 aromatic heterocycles. The molecule has 0 aliphatic carbocycles. The Balaban J connectivity index is 1.30. The number of hydrogen-bond donors (Lipinski definition) is 1.